The first-order valence-electron chi connectivity index (χ1n) is 7.58. The Hall–Kier alpha value is -1.24. The Balaban J connectivity index is 1.88. The van der Waals surface area contributed by atoms with Crippen LogP contribution in [0.2, 0.25) is 0 Å². The second-order valence-corrected chi connectivity index (χ2v) is 7.66. The lowest BCUT2D eigenvalue weighted by molar-refractivity contribution is 0.0284. The van der Waals surface area contributed by atoms with Gasteiger partial charge in [-0.05, 0) is 44.6 Å². The molecule has 118 valence electrons. The van der Waals surface area contributed by atoms with Gasteiger partial charge in [0.05, 0.1) is 22.7 Å². The summed E-state index contributed by atoms with van der Waals surface area (Å²) < 4.78 is 0. The molecule has 1 aliphatic heterocycles. The molecule has 0 saturated carbocycles. The fourth-order valence-electron chi connectivity index (χ4n) is 2.94. The molecular formula is C16H20N2O2S2. The summed E-state index contributed by atoms with van der Waals surface area (Å²) in [5.41, 5.74) is 0.785. The van der Waals surface area contributed by atoms with Crippen LogP contribution in [0.15, 0.2) is 17.5 Å². The fourth-order valence-corrected chi connectivity index (χ4v) is 4.76. The van der Waals surface area contributed by atoms with Crippen LogP contribution in [0.1, 0.15) is 41.6 Å². The van der Waals surface area contributed by atoms with E-state index in [0.717, 1.165) is 41.4 Å². The van der Waals surface area contributed by atoms with E-state index in [9.17, 15) is 9.90 Å². The third-order valence-electron chi connectivity index (χ3n) is 4.09. The zero-order chi connectivity index (χ0) is 15.7. The minimum absolute atomic E-state index is 0.0170. The van der Waals surface area contributed by atoms with Gasteiger partial charge in [0.25, 0.3) is 5.91 Å². The Morgan fingerprint density at radius 2 is 2.32 bits per heavy atom. The second-order valence-electron chi connectivity index (χ2n) is 5.71. The van der Waals surface area contributed by atoms with Crippen LogP contribution in [0.3, 0.4) is 0 Å². The lowest BCUT2D eigenvalue weighted by Crippen LogP contribution is -2.48. The molecule has 4 nitrogen and oxygen atoms in total. The number of hydrogen-bond acceptors (Lipinski definition) is 5. The van der Waals surface area contributed by atoms with E-state index in [0.29, 0.717) is 4.88 Å². The van der Waals surface area contributed by atoms with Crippen LogP contribution in [-0.2, 0) is 0 Å². The highest BCUT2D eigenvalue weighted by molar-refractivity contribution is 7.22. The number of rotatable bonds is 3. The van der Waals surface area contributed by atoms with Gasteiger partial charge in [-0.25, -0.2) is 4.98 Å². The quantitative estimate of drug-likeness (QED) is 0.932. The monoisotopic (exact) mass is 336 g/mol. The van der Waals surface area contributed by atoms with Gasteiger partial charge in [-0.2, -0.15) is 0 Å². The summed E-state index contributed by atoms with van der Waals surface area (Å²) >= 11 is 3.09. The van der Waals surface area contributed by atoms with Crippen molar-refractivity contribution in [2.45, 2.75) is 45.3 Å². The van der Waals surface area contributed by atoms with Crippen molar-refractivity contribution in [1.29, 1.82) is 0 Å². The Morgan fingerprint density at radius 3 is 3.00 bits per heavy atom. The fraction of sp³-hybridized carbons (Fsp3) is 0.500. The number of carbonyl (C=O) groups is 1. The molecule has 0 spiro atoms. The number of hydrogen-bond donors (Lipinski definition) is 1. The minimum Gasteiger partial charge on any atom is -0.391 e. The largest absolute Gasteiger partial charge is 0.391 e. The van der Waals surface area contributed by atoms with Gasteiger partial charge in [-0.15, -0.1) is 22.7 Å². The Kier molecular flexibility index (Phi) is 4.61. The molecule has 0 bridgehead atoms. The molecule has 2 atom stereocenters. The van der Waals surface area contributed by atoms with Crippen molar-refractivity contribution in [3.8, 4) is 9.88 Å². The van der Waals surface area contributed by atoms with Gasteiger partial charge in [-0.1, -0.05) is 6.07 Å². The van der Waals surface area contributed by atoms with Gasteiger partial charge >= 0.3 is 0 Å². The number of nitrogens with zero attached hydrogens (tertiary/aromatic N) is 2. The Labute approximate surface area is 138 Å². The molecule has 1 fully saturated rings. The average molecular weight is 336 g/mol. The molecule has 6 heteroatoms. The van der Waals surface area contributed by atoms with E-state index < -0.39 is 6.10 Å². The van der Waals surface area contributed by atoms with Gasteiger partial charge in [0, 0.05) is 6.54 Å². The number of piperidine rings is 1. The third kappa shape index (κ3) is 2.95. The second kappa shape index (κ2) is 6.48. The first-order valence-corrected chi connectivity index (χ1v) is 9.28. The van der Waals surface area contributed by atoms with E-state index in [1.807, 2.05) is 29.3 Å². The summed E-state index contributed by atoms with van der Waals surface area (Å²) in [4.78, 5) is 21.1. The maximum atomic E-state index is 12.9. The van der Waals surface area contributed by atoms with E-state index in [1.54, 1.807) is 18.3 Å². The van der Waals surface area contributed by atoms with Crippen molar-refractivity contribution in [3.63, 3.8) is 0 Å². The molecule has 3 rings (SSSR count). The van der Waals surface area contributed by atoms with Crippen molar-refractivity contribution in [3.05, 3.63) is 28.1 Å². The number of amides is 1. The molecule has 2 aromatic rings. The summed E-state index contributed by atoms with van der Waals surface area (Å²) in [6.45, 7) is 4.38. The van der Waals surface area contributed by atoms with E-state index in [2.05, 4.69) is 4.98 Å². The normalized spacial score (nSPS) is 20.1. The molecule has 2 unspecified atom stereocenters. The molecule has 0 aromatic carbocycles. The zero-order valence-corrected chi connectivity index (χ0v) is 14.4. The van der Waals surface area contributed by atoms with Crippen LogP contribution < -0.4 is 0 Å². The van der Waals surface area contributed by atoms with Crippen LogP contribution >= 0.6 is 22.7 Å². The van der Waals surface area contributed by atoms with Crippen molar-refractivity contribution < 1.29 is 9.90 Å². The van der Waals surface area contributed by atoms with Gasteiger partial charge in [-0.3, -0.25) is 4.79 Å². The number of aliphatic hydroxyl groups is 1. The number of aryl methyl sites for hydroxylation is 1. The molecule has 1 amide bonds. The molecule has 22 heavy (non-hydrogen) atoms. The minimum atomic E-state index is -0.491. The molecule has 0 aliphatic carbocycles. The first-order chi connectivity index (χ1) is 10.6. The lowest BCUT2D eigenvalue weighted by atomic mass is 9.98. The summed E-state index contributed by atoms with van der Waals surface area (Å²) in [7, 11) is 0. The number of aliphatic hydroxyl groups excluding tert-OH is 1. The smallest absolute Gasteiger partial charge is 0.266 e. The van der Waals surface area contributed by atoms with E-state index in [1.165, 1.54) is 11.3 Å². The number of aromatic nitrogens is 1. The summed E-state index contributed by atoms with van der Waals surface area (Å²) in [5, 5.41) is 12.9. The molecule has 0 radical (unpaired) electrons. The highest BCUT2D eigenvalue weighted by Crippen LogP contribution is 2.33. The van der Waals surface area contributed by atoms with E-state index in [4.69, 9.17) is 0 Å². The first kappa shape index (κ1) is 15.6. The SMILES string of the molecule is Cc1nc(-c2cccs2)sc1C(=O)N1CCCCC1C(C)O. The zero-order valence-electron chi connectivity index (χ0n) is 12.8. The third-order valence-corrected chi connectivity index (χ3v) is 6.27. The summed E-state index contributed by atoms with van der Waals surface area (Å²) in [6.07, 6.45) is 2.46. The van der Waals surface area contributed by atoms with Gasteiger partial charge < -0.3 is 10.0 Å². The van der Waals surface area contributed by atoms with Crippen LogP contribution in [-0.4, -0.2) is 39.6 Å². The predicted octanol–water partition coefficient (Wildman–Crippen LogP) is 3.56. The molecule has 3 heterocycles. The molecule has 1 N–H and O–H groups in total. The lowest BCUT2D eigenvalue weighted by Gasteiger charge is -2.37. The summed E-state index contributed by atoms with van der Waals surface area (Å²) in [6, 6.07) is 3.94. The van der Waals surface area contributed by atoms with Crippen LogP contribution in [0.25, 0.3) is 9.88 Å². The Bertz CT molecular complexity index is 649. The van der Waals surface area contributed by atoms with Crippen molar-refractivity contribution in [1.82, 2.24) is 9.88 Å². The van der Waals surface area contributed by atoms with Crippen LogP contribution in [0.5, 0.6) is 0 Å². The van der Waals surface area contributed by atoms with Crippen molar-refractivity contribution >= 4 is 28.6 Å². The highest BCUT2D eigenvalue weighted by Gasteiger charge is 2.32. The number of carbonyl (C=O) groups excluding carboxylic acids is 1. The van der Waals surface area contributed by atoms with Crippen LogP contribution in [0, 0.1) is 6.92 Å². The summed E-state index contributed by atoms with van der Waals surface area (Å²) in [5.74, 6) is 0.0170. The number of likely N-dealkylation sites (tertiary alicyclic amines) is 1. The van der Waals surface area contributed by atoms with Gasteiger partial charge in [0.15, 0.2) is 0 Å². The van der Waals surface area contributed by atoms with Gasteiger partial charge in [0.2, 0.25) is 0 Å². The number of thiazole rings is 1. The average Bonchev–Trinajstić information content (AvgIpc) is 3.15. The number of thiophene rings is 1. The van der Waals surface area contributed by atoms with Crippen molar-refractivity contribution in [2.24, 2.45) is 0 Å². The molecule has 2 aromatic heterocycles. The van der Waals surface area contributed by atoms with Crippen molar-refractivity contribution in [2.75, 3.05) is 6.54 Å². The predicted molar refractivity (Wildman–Crippen MR) is 90.5 cm³/mol. The maximum Gasteiger partial charge on any atom is 0.266 e. The standard InChI is InChI=1S/C16H20N2O2S2/c1-10-14(22-15(17-10)13-7-5-9-21-13)16(20)18-8-4-3-6-12(18)11(2)19/h5,7,9,11-12,19H,3-4,6,8H2,1-2H3. The molecular weight excluding hydrogens is 316 g/mol. The van der Waals surface area contributed by atoms with Crippen LogP contribution in [0.4, 0.5) is 0 Å². The molecule has 1 saturated heterocycles. The van der Waals surface area contributed by atoms with Gasteiger partial charge in [0.1, 0.15) is 9.88 Å². The maximum absolute atomic E-state index is 12.9. The highest BCUT2D eigenvalue weighted by atomic mass is 32.1. The Morgan fingerprint density at radius 1 is 1.50 bits per heavy atom. The van der Waals surface area contributed by atoms with E-state index in [-0.39, 0.29) is 11.9 Å². The topological polar surface area (TPSA) is 53.4 Å². The molecule has 1 aliphatic rings. The van der Waals surface area contributed by atoms with E-state index >= 15 is 0 Å².